The van der Waals surface area contributed by atoms with Crippen molar-refractivity contribution in [1.82, 2.24) is 10.2 Å². The Labute approximate surface area is 218 Å². The molecule has 0 saturated heterocycles. The first-order chi connectivity index (χ1) is 17.3. The molecule has 7 heteroatoms. The van der Waals surface area contributed by atoms with Crippen LogP contribution in [0.4, 0.5) is 0 Å². The van der Waals surface area contributed by atoms with Crippen LogP contribution in [0.15, 0.2) is 72.8 Å². The topological polar surface area (TPSA) is 67.9 Å². The van der Waals surface area contributed by atoms with E-state index in [1.54, 1.807) is 31.3 Å². The second-order valence-corrected chi connectivity index (χ2v) is 9.23. The molecule has 0 spiro atoms. The lowest BCUT2D eigenvalue weighted by molar-refractivity contribution is -0.144. The van der Waals surface area contributed by atoms with Crippen molar-refractivity contribution in [2.24, 2.45) is 5.92 Å². The Morgan fingerprint density at radius 3 is 2.14 bits per heavy atom. The van der Waals surface area contributed by atoms with Crippen molar-refractivity contribution in [1.29, 1.82) is 0 Å². The number of carbonyl (C=O) groups excluding carboxylic acids is 2. The van der Waals surface area contributed by atoms with E-state index in [0.29, 0.717) is 29.5 Å². The maximum absolute atomic E-state index is 13.6. The van der Waals surface area contributed by atoms with Crippen LogP contribution in [0, 0.1) is 5.92 Å². The average Bonchev–Trinajstić information content (AvgIpc) is 2.89. The van der Waals surface area contributed by atoms with Gasteiger partial charge in [-0.25, -0.2) is 0 Å². The summed E-state index contributed by atoms with van der Waals surface area (Å²) < 4.78 is 10.7. The lowest BCUT2D eigenvalue weighted by atomic mass is 10.0. The van der Waals surface area contributed by atoms with Crippen molar-refractivity contribution in [3.63, 3.8) is 0 Å². The zero-order valence-electron chi connectivity index (χ0n) is 21.2. The molecule has 2 amide bonds. The predicted octanol–water partition coefficient (Wildman–Crippen LogP) is 5.44. The number of ether oxygens (including phenoxy) is 2. The summed E-state index contributed by atoms with van der Waals surface area (Å²) in [7, 11) is 3.19. The van der Waals surface area contributed by atoms with Gasteiger partial charge >= 0.3 is 0 Å². The van der Waals surface area contributed by atoms with E-state index in [2.05, 4.69) is 5.32 Å². The van der Waals surface area contributed by atoms with Gasteiger partial charge in [0.2, 0.25) is 11.8 Å². The number of benzene rings is 3. The number of hydrogen-bond acceptors (Lipinski definition) is 4. The fourth-order valence-corrected chi connectivity index (χ4v) is 4.11. The second kappa shape index (κ2) is 13.0. The molecule has 0 aliphatic heterocycles. The lowest BCUT2D eigenvalue weighted by Gasteiger charge is -2.33. The van der Waals surface area contributed by atoms with Gasteiger partial charge in [-0.1, -0.05) is 74.0 Å². The summed E-state index contributed by atoms with van der Waals surface area (Å²) in [5.74, 6) is 0.682. The number of rotatable bonds is 11. The van der Waals surface area contributed by atoms with Gasteiger partial charge in [0.05, 0.1) is 14.2 Å². The summed E-state index contributed by atoms with van der Waals surface area (Å²) in [5.41, 5.74) is 2.65. The maximum Gasteiger partial charge on any atom is 0.247 e. The Morgan fingerprint density at radius 2 is 1.53 bits per heavy atom. The highest BCUT2D eigenvalue weighted by molar-refractivity contribution is 6.30. The predicted molar refractivity (Wildman–Crippen MR) is 142 cm³/mol. The Bertz CT molecular complexity index is 1150. The van der Waals surface area contributed by atoms with E-state index in [9.17, 15) is 9.59 Å². The number of amides is 2. The van der Waals surface area contributed by atoms with E-state index < -0.39 is 6.04 Å². The van der Waals surface area contributed by atoms with Gasteiger partial charge in [-0.2, -0.15) is 0 Å². The average molecular weight is 509 g/mol. The standard InChI is InChI=1S/C29H33ClN2O4/c1-20(2)29(34)32(19-22-10-13-24(30)14-11-22)27(23-8-6-5-7-9-23)28(33)31-17-16-21-12-15-25(35-3)26(18-21)36-4/h5-15,18,20,27H,16-17,19H2,1-4H3,(H,31,33)/t27-/m1/s1. The third kappa shape index (κ3) is 7.01. The third-order valence-corrected chi connectivity index (χ3v) is 6.13. The summed E-state index contributed by atoms with van der Waals surface area (Å²) in [6.45, 7) is 4.38. The maximum atomic E-state index is 13.6. The summed E-state index contributed by atoms with van der Waals surface area (Å²) in [4.78, 5) is 28.6. The minimum Gasteiger partial charge on any atom is -0.493 e. The van der Waals surface area contributed by atoms with Crippen molar-refractivity contribution >= 4 is 23.4 Å². The molecule has 0 saturated carbocycles. The van der Waals surface area contributed by atoms with Crippen molar-refractivity contribution in [3.05, 3.63) is 94.5 Å². The van der Waals surface area contributed by atoms with E-state index in [-0.39, 0.29) is 24.3 Å². The Hall–Kier alpha value is -3.51. The monoisotopic (exact) mass is 508 g/mol. The number of hydrogen-bond donors (Lipinski definition) is 1. The van der Waals surface area contributed by atoms with Crippen molar-refractivity contribution < 1.29 is 19.1 Å². The smallest absolute Gasteiger partial charge is 0.247 e. The molecule has 6 nitrogen and oxygen atoms in total. The normalized spacial score (nSPS) is 11.6. The zero-order chi connectivity index (χ0) is 26.1. The van der Waals surface area contributed by atoms with Gasteiger partial charge in [-0.05, 0) is 47.4 Å². The van der Waals surface area contributed by atoms with E-state index in [0.717, 1.165) is 16.7 Å². The molecule has 3 rings (SSSR count). The van der Waals surface area contributed by atoms with Crippen LogP contribution in [0.1, 0.15) is 36.6 Å². The summed E-state index contributed by atoms with van der Waals surface area (Å²) >= 11 is 6.05. The van der Waals surface area contributed by atoms with Gasteiger partial charge in [0, 0.05) is 24.0 Å². The molecule has 0 unspecified atom stereocenters. The molecule has 3 aromatic rings. The molecule has 36 heavy (non-hydrogen) atoms. The molecule has 3 aromatic carbocycles. The van der Waals surface area contributed by atoms with E-state index in [1.807, 2.05) is 74.5 Å². The number of carbonyl (C=O) groups is 2. The van der Waals surface area contributed by atoms with Crippen molar-refractivity contribution in [2.45, 2.75) is 32.9 Å². The first-order valence-corrected chi connectivity index (χ1v) is 12.3. The highest BCUT2D eigenvalue weighted by atomic mass is 35.5. The van der Waals surface area contributed by atoms with Crippen LogP contribution in [0.25, 0.3) is 0 Å². The third-order valence-electron chi connectivity index (χ3n) is 5.88. The molecular formula is C29H33ClN2O4. The molecule has 0 radical (unpaired) electrons. The van der Waals surface area contributed by atoms with Gasteiger partial charge in [0.25, 0.3) is 0 Å². The number of nitrogens with one attached hydrogen (secondary N) is 1. The number of nitrogens with zero attached hydrogens (tertiary/aromatic N) is 1. The molecule has 0 aromatic heterocycles. The van der Waals surface area contributed by atoms with Crippen LogP contribution in [0.2, 0.25) is 5.02 Å². The fourth-order valence-electron chi connectivity index (χ4n) is 3.99. The van der Waals surface area contributed by atoms with E-state index in [1.165, 1.54) is 0 Å². The summed E-state index contributed by atoms with van der Waals surface area (Å²) in [5, 5.41) is 3.66. The summed E-state index contributed by atoms with van der Waals surface area (Å²) in [6.07, 6.45) is 0.600. The highest BCUT2D eigenvalue weighted by Gasteiger charge is 2.32. The number of halogens is 1. The van der Waals surface area contributed by atoms with Crippen LogP contribution in [0.3, 0.4) is 0 Å². The largest absolute Gasteiger partial charge is 0.493 e. The SMILES string of the molecule is COc1ccc(CCNC(=O)[C@@H](c2ccccc2)N(Cc2ccc(Cl)cc2)C(=O)C(C)C)cc1OC. The fraction of sp³-hybridized carbons (Fsp3) is 0.310. The quantitative estimate of drug-likeness (QED) is 0.374. The minimum absolute atomic E-state index is 0.103. The molecule has 0 aliphatic carbocycles. The molecule has 0 fully saturated rings. The van der Waals surface area contributed by atoms with Gasteiger partial charge in [-0.15, -0.1) is 0 Å². The van der Waals surface area contributed by atoms with Gasteiger partial charge in [0.15, 0.2) is 11.5 Å². The first kappa shape index (κ1) is 27.1. The number of methoxy groups -OCH3 is 2. The van der Waals surface area contributed by atoms with E-state index >= 15 is 0 Å². The van der Waals surface area contributed by atoms with Gasteiger partial charge in [-0.3, -0.25) is 9.59 Å². The Kier molecular flexibility index (Phi) is 9.77. The Morgan fingerprint density at radius 1 is 0.889 bits per heavy atom. The molecule has 190 valence electrons. The summed E-state index contributed by atoms with van der Waals surface area (Å²) in [6, 6.07) is 21.6. The van der Waals surface area contributed by atoms with Crippen LogP contribution in [-0.4, -0.2) is 37.5 Å². The molecular weight excluding hydrogens is 476 g/mol. The van der Waals surface area contributed by atoms with Crippen LogP contribution >= 0.6 is 11.6 Å². The second-order valence-electron chi connectivity index (χ2n) is 8.79. The molecule has 1 N–H and O–H groups in total. The highest BCUT2D eigenvalue weighted by Crippen LogP contribution is 2.28. The van der Waals surface area contributed by atoms with E-state index in [4.69, 9.17) is 21.1 Å². The lowest BCUT2D eigenvalue weighted by Crippen LogP contribution is -2.45. The van der Waals surface area contributed by atoms with Crippen molar-refractivity contribution in [3.8, 4) is 11.5 Å². The van der Waals surface area contributed by atoms with Gasteiger partial charge in [0.1, 0.15) is 6.04 Å². The molecule has 0 aliphatic rings. The Balaban J connectivity index is 1.83. The molecule has 0 heterocycles. The van der Waals surface area contributed by atoms with Crippen LogP contribution < -0.4 is 14.8 Å². The zero-order valence-corrected chi connectivity index (χ0v) is 21.9. The first-order valence-electron chi connectivity index (χ1n) is 11.9. The molecule has 1 atom stereocenters. The molecule has 0 bridgehead atoms. The van der Waals surface area contributed by atoms with Crippen LogP contribution in [-0.2, 0) is 22.6 Å². The van der Waals surface area contributed by atoms with Gasteiger partial charge < -0.3 is 19.7 Å². The van der Waals surface area contributed by atoms with Crippen molar-refractivity contribution in [2.75, 3.05) is 20.8 Å². The minimum atomic E-state index is -0.776. The van der Waals surface area contributed by atoms with Crippen LogP contribution in [0.5, 0.6) is 11.5 Å².